The maximum absolute atomic E-state index is 12.4. The van der Waals surface area contributed by atoms with Crippen molar-refractivity contribution in [2.24, 2.45) is 0 Å². The number of carbonyl (C=O) groups excluding carboxylic acids is 1. The Labute approximate surface area is 148 Å². The van der Waals surface area contributed by atoms with Crippen LogP contribution in [0.1, 0.15) is 21.5 Å². The first kappa shape index (κ1) is 18.3. The third-order valence-corrected chi connectivity index (χ3v) is 3.81. The molecule has 4 nitrogen and oxygen atoms in total. The molecule has 2 aromatic rings. The van der Waals surface area contributed by atoms with Crippen LogP contribution in [0, 0.1) is 0 Å². The van der Waals surface area contributed by atoms with Gasteiger partial charge in [-0.25, -0.2) is 0 Å². The van der Waals surface area contributed by atoms with Gasteiger partial charge in [-0.1, -0.05) is 12.2 Å². The molecule has 0 atom stereocenters. The lowest BCUT2D eigenvalue weighted by Gasteiger charge is -2.13. The lowest BCUT2D eigenvalue weighted by molar-refractivity contribution is 0.104. The van der Waals surface area contributed by atoms with Gasteiger partial charge in [0.15, 0.2) is 5.78 Å². The molecule has 0 N–H and O–H groups in total. The molecule has 0 heterocycles. The Morgan fingerprint density at radius 2 is 1.68 bits per heavy atom. The highest BCUT2D eigenvalue weighted by Crippen LogP contribution is 2.30. The van der Waals surface area contributed by atoms with Crippen LogP contribution in [0.2, 0.25) is 0 Å². The Hall–Kier alpha value is -3.01. The van der Waals surface area contributed by atoms with Gasteiger partial charge in [-0.05, 0) is 48.4 Å². The molecule has 2 aromatic carbocycles. The lowest BCUT2D eigenvalue weighted by Crippen LogP contribution is -1.98. The summed E-state index contributed by atoms with van der Waals surface area (Å²) in [6, 6.07) is 10.7. The Morgan fingerprint density at radius 1 is 1.00 bits per heavy atom. The molecule has 0 saturated heterocycles. The Balaban J connectivity index is 2.34. The molecular weight excluding hydrogens is 316 g/mol. The van der Waals surface area contributed by atoms with E-state index in [2.05, 4.69) is 6.58 Å². The van der Waals surface area contributed by atoms with Gasteiger partial charge in [0.1, 0.15) is 17.2 Å². The number of methoxy groups -OCH3 is 3. The molecule has 0 spiro atoms. The highest BCUT2D eigenvalue weighted by Gasteiger charge is 2.10. The highest BCUT2D eigenvalue weighted by atomic mass is 16.5. The van der Waals surface area contributed by atoms with Crippen molar-refractivity contribution in [3.8, 4) is 17.2 Å². The molecule has 25 heavy (non-hydrogen) atoms. The minimum absolute atomic E-state index is 0.0889. The van der Waals surface area contributed by atoms with Gasteiger partial charge >= 0.3 is 0 Å². The van der Waals surface area contributed by atoms with E-state index in [0.717, 1.165) is 11.1 Å². The fourth-order valence-electron chi connectivity index (χ4n) is 2.47. The Morgan fingerprint density at radius 3 is 2.24 bits per heavy atom. The third-order valence-electron chi connectivity index (χ3n) is 3.81. The van der Waals surface area contributed by atoms with Crippen molar-refractivity contribution in [1.29, 1.82) is 0 Å². The van der Waals surface area contributed by atoms with E-state index in [-0.39, 0.29) is 5.78 Å². The number of carbonyl (C=O) groups is 1. The molecule has 0 aliphatic carbocycles. The van der Waals surface area contributed by atoms with E-state index < -0.39 is 0 Å². The molecule has 0 bridgehead atoms. The maximum Gasteiger partial charge on any atom is 0.185 e. The van der Waals surface area contributed by atoms with Gasteiger partial charge in [0.25, 0.3) is 0 Å². The van der Waals surface area contributed by atoms with Crippen molar-refractivity contribution in [3.05, 3.63) is 71.8 Å². The van der Waals surface area contributed by atoms with Crippen molar-refractivity contribution in [1.82, 2.24) is 0 Å². The van der Waals surface area contributed by atoms with Crippen LogP contribution in [0.15, 0.2) is 55.1 Å². The summed E-state index contributed by atoms with van der Waals surface area (Å²) in [4.78, 5) is 12.4. The summed E-state index contributed by atoms with van der Waals surface area (Å²) in [6.45, 7) is 3.78. The number of allylic oxidation sites excluding steroid dienone is 2. The smallest absolute Gasteiger partial charge is 0.185 e. The van der Waals surface area contributed by atoms with Crippen molar-refractivity contribution < 1.29 is 19.0 Å². The number of benzene rings is 2. The molecule has 0 aromatic heterocycles. The summed E-state index contributed by atoms with van der Waals surface area (Å²) in [5.41, 5.74) is 2.41. The second-order valence-corrected chi connectivity index (χ2v) is 5.32. The molecule has 0 amide bonds. The van der Waals surface area contributed by atoms with Crippen molar-refractivity contribution in [2.75, 3.05) is 21.3 Å². The van der Waals surface area contributed by atoms with E-state index in [4.69, 9.17) is 14.2 Å². The van der Waals surface area contributed by atoms with Gasteiger partial charge < -0.3 is 14.2 Å². The normalized spacial score (nSPS) is 10.5. The lowest BCUT2D eigenvalue weighted by atomic mass is 10.0. The largest absolute Gasteiger partial charge is 0.497 e. The standard InChI is InChI=1S/C21H22O4/c1-5-6-19-16(13-18(24-3)14-21(19)25-4)9-12-20(22)15-7-10-17(23-2)11-8-15/h5,7-14H,1,6H2,2-4H3/b12-9+. The van der Waals surface area contributed by atoms with Gasteiger partial charge in [-0.15, -0.1) is 6.58 Å². The quantitative estimate of drug-likeness (QED) is 0.408. The summed E-state index contributed by atoms with van der Waals surface area (Å²) < 4.78 is 15.9. The van der Waals surface area contributed by atoms with E-state index in [0.29, 0.717) is 29.2 Å². The van der Waals surface area contributed by atoms with Gasteiger partial charge in [-0.2, -0.15) is 0 Å². The van der Waals surface area contributed by atoms with Crippen LogP contribution in [0.3, 0.4) is 0 Å². The van der Waals surface area contributed by atoms with Crippen LogP contribution in [0.4, 0.5) is 0 Å². The van der Waals surface area contributed by atoms with Crippen LogP contribution in [-0.2, 0) is 6.42 Å². The summed E-state index contributed by atoms with van der Waals surface area (Å²) in [5, 5.41) is 0. The average Bonchev–Trinajstić information content (AvgIpc) is 2.66. The van der Waals surface area contributed by atoms with Gasteiger partial charge in [0.2, 0.25) is 0 Å². The Kier molecular flexibility index (Phi) is 6.40. The predicted molar refractivity (Wildman–Crippen MR) is 99.8 cm³/mol. The zero-order valence-electron chi connectivity index (χ0n) is 14.7. The SMILES string of the molecule is C=CCc1c(/C=C/C(=O)c2ccc(OC)cc2)cc(OC)cc1OC. The number of hydrogen-bond donors (Lipinski definition) is 0. The molecule has 0 radical (unpaired) electrons. The zero-order valence-corrected chi connectivity index (χ0v) is 14.7. The fourth-order valence-corrected chi connectivity index (χ4v) is 2.47. The first-order chi connectivity index (χ1) is 12.1. The molecule has 0 unspecified atom stereocenters. The minimum Gasteiger partial charge on any atom is -0.497 e. The molecule has 0 aliphatic heterocycles. The summed E-state index contributed by atoms with van der Waals surface area (Å²) in [7, 11) is 4.79. The van der Waals surface area contributed by atoms with Crippen LogP contribution in [-0.4, -0.2) is 27.1 Å². The van der Waals surface area contributed by atoms with Crippen molar-refractivity contribution in [3.63, 3.8) is 0 Å². The van der Waals surface area contributed by atoms with E-state index in [9.17, 15) is 4.79 Å². The second-order valence-electron chi connectivity index (χ2n) is 5.32. The first-order valence-corrected chi connectivity index (χ1v) is 7.85. The summed E-state index contributed by atoms with van der Waals surface area (Å²) >= 11 is 0. The minimum atomic E-state index is -0.0889. The molecule has 130 valence electrons. The van der Waals surface area contributed by atoms with Gasteiger partial charge in [0, 0.05) is 17.2 Å². The summed E-state index contributed by atoms with van der Waals surface area (Å²) in [5.74, 6) is 2.00. The van der Waals surface area contributed by atoms with E-state index in [1.54, 1.807) is 63.8 Å². The first-order valence-electron chi connectivity index (χ1n) is 7.85. The van der Waals surface area contributed by atoms with Crippen LogP contribution in [0.5, 0.6) is 17.2 Å². The zero-order chi connectivity index (χ0) is 18.2. The van der Waals surface area contributed by atoms with E-state index in [1.807, 2.05) is 12.1 Å². The van der Waals surface area contributed by atoms with Gasteiger partial charge in [-0.3, -0.25) is 4.79 Å². The van der Waals surface area contributed by atoms with Crippen LogP contribution in [0.25, 0.3) is 6.08 Å². The number of ketones is 1. The van der Waals surface area contributed by atoms with E-state index in [1.165, 1.54) is 0 Å². The average molecular weight is 338 g/mol. The van der Waals surface area contributed by atoms with Crippen molar-refractivity contribution >= 4 is 11.9 Å². The van der Waals surface area contributed by atoms with E-state index >= 15 is 0 Å². The van der Waals surface area contributed by atoms with Gasteiger partial charge in [0.05, 0.1) is 21.3 Å². The molecule has 0 aliphatic rings. The maximum atomic E-state index is 12.4. The topological polar surface area (TPSA) is 44.8 Å². The molecule has 0 saturated carbocycles. The van der Waals surface area contributed by atoms with Crippen LogP contribution >= 0.6 is 0 Å². The third kappa shape index (κ3) is 4.51. The molecule has 4 heteroatoms. The molecule has 2 rings (SSSR count). The van der Waals surface area contributed by atoms with Crippen LogP contribution < -0.4 is 14.2 Å². The molecule has 0 fully saturated rings. The van der Waals surface area contributed by atoms with Crippen molar-refractivity contribution in [2.45, 2.75) is 6.42 Å². The Bertz CT molecular complexity index is 773. The monoisotopic (exact) mass is 338 g/mol. The highest BCUT2D eigenvalue weighted by molar-refractivity contribution is 6.07. The number of ether oxygens (including phenoxy) is 3. The fraction of sp³-hybridized carbons (Fsp3) is 0.190. The number of rotatable bonds is 8. The predicted octanol–water partition coefficient (Wildman–Crippen LogP) is 4.34. The number of hydrogen-bond acceptors (Lipinski definition) is 4. The molecular formula is C21H22O4. The summed E-state index contributed by atoms with van der Waals surface area (Å²) in [6.07, 6.45) is 5.75. The second kappa shape index (κ2) is 8.73.